The molecule has 1 aliphatic heterocycles. The number of carbonyl (C=O) groups excluding carboxylic acids is 2. The van der Waals surface area contributed by atoms with Crippen molar-refractivity contribution in [3.63, 3.8) is 0 Å². The number of fused-ring (bicyclic) bond motifs is 1. The van der Waals surface area contributed by atoms with Gasteiger partial charge in [0.25, 0.3) is 11.5 Å². The second kappa shape index (κ2) is 9.41. The first-order valence-electron chi connectivity index (χ1n) is 11.0. The number of primary amides is 1. The Morgan fingerprint density at radius 3 is 2.61 bits per heavy atom. The Bertz CT molecular complexity index is 1310. The van der Waals surface area contributed by atoms with Crippen molar-refractivity contribution in [3.05, 3.63) is 74.4 Å². The van der Waals surface area contributed by atoms with Gasteiger partial charge in [0.2, 0.25) is 5.91 Å². The molecule has 0 bridgehead atoms. The lowest BCUT2D eigenvalue weighted by molar-refractivity contribution is -0.123. The number of carbonyl (C=O) groups is 2. The van der Waals surface area contributed by atoms with Gasteiger partial charge in [0, 0.05) is 30.9 Å². The van der Waals surface area contributed by atoms with Crippen molar-refractivity contribution in [2.75, 3.05) is 18.4 Å². The Balaban J connectivity index is 1.44. The van der Waals surface area contributed by atoms with E-state index in [1.165, 1.54) is 6.07 Å². The van der Waals surface area contributed by atoms with Crippen molar-refractivity contribution in [1.82, 2.24) is 14.5 Å². The van der Waals surface area contributed by atoms with Crippen LogP contribution in [0.5, 0.6) is 0 Å². The number of likely N-dealkylation sites (tertiary alicyclic amines) is 1. The zero-order valence-electron chi connectivity index (χ0n) is 18.5. The van der Waals surface area contributed by atoms with Crippen LogP contribution >= 0.6 is 0 Å². The molecule has 9 nitrogen and oxygen atoms in total. The summed E-state index contributed by atoms with van der Waals surface area (Å²) in [5.41, 5.74) is 6.95. The minimum absolute atomic E-state index is 0.0981. The van der Waals surface area contributed by atoms with Crippen molar-refractivity contribution in [3.8, 4) is 0 Å². The van der Waals surface area contributed by atoms with Gasteiger partial charge in [-0.3, -0.25) is 23.9 Å². The van der Waals surface area contributed by atoms with Gasteiger partial charge in [-0.2, -0.15) is 0 Å². The van der Waals surface area contributed by atoms with E-state index in [1.807, 2.05) is 24.3 Å². The molecule has 1 aromatic heterocycles. The van der Waals surface area contributed by atoms with Crippen LogP contribution in [0.15, 0.2) is 52.1 Å². The van der Waals surface area contributed by atoms with Crippen LogP contribution in [0, 0.1) is 5.92 Å². The Kier molecular flexibility index (Phi) is 6.41. The van der Waals surface area contributed by atoms with E-state index < -0.39 is 5.69 Å². The van der Waals surface area contributed by atoms with Gasteiger partial charge in [-0.25, -0.2) is 4.79 Å². The Morgan fingerprint density at radius 1 is 1.15 bits per heavy atom. The second-order valence-electron chi connectivity index (χ2n) is 8.37. The van der Waals surface area contributed by atoms with E-state index in [2.05, 4.69) is 15.2 Å². The third kappa shape index (κ3) is 4.88. The maximum Gasteiger partial charge on any atom is 0.328 e. The average molecular weight is 450 g/mol. The summed E-state index contributed by atoms with van der Waals surface area (Å²) in [5.74, 6) is -0.684. The highest BCUT2D eigenvalue weighted by atomic mass is 16.2. The molecule has 0 spiro atoms. The van der Waals surface area contributed by atoms with Crippen molar-refractivity contribution < 1.29 is 9.59 Å². The largest absolute Gasteiger partial charge is 0.369 e. The number of amides is 2. The molecular weight excluding hydrogens is 422 g/mol. The smallest absolute Gasteiger partial charge is 0.328 e. The maximum atomic E-state index is 12.7. The van der Waals surface area contributed by atoms with Gasteiger partial charge in [0.1, 0.15) is 0 Å². The van der Waals surface area contributed by atoms with Gasteiger partial charge in [0.15, 0.2) is 0 Å². The lowest BCUT2D eigenvalue weighted by atomic mass is 9.97. The predicted molar refractivity (Wildman–Crippen MR) is 126 cm³/mol. The Hall–Kier alpha value is -3.72. The van der Waals surface area contributed by atoms with Crippen LogP contribution in [0.1, 0.15) is 35.7 Å². The number of aromatic nitrogens is 2. The SMILES string of the molecule is CCn1c(=O)[nH]c2cc(C(=O)Nc3ccc(CN4CCCC(C(N)=O)C4)cc3)ccc2c1=O. The fraction of sp³-hybridized carbons (Fsp3) is 0.333. The molecule has 9 heteroatoms. The summed E-state index contributed by atoms with van der Waals surface area (Å²) in [6.07, 6.45) is 1.79. The standard InChI is InChI=1S/C24H27N5O4/c1-2-29-23(32)19-10-7-16(12-20(19)27-24(29)33)22(31)26-18-8-5-15(6-9-18)13-28-11-3-4-17(14-28)21(25)30/h5-10,12,17H,2-4,11,13-14H2,1H3,(H2,25,30)(H,26,31)(H,27,33). The molecule has 1 saturated heterocycles. The lowest BCUT2D eigenvalue weighted by Gasteiger charge is -2.31. The summed E-state index contributed by atoms with van der Waals surface area (Å²) in [7, 11) is 0. The molecule has 2 heterocycles. The number of nitrogens with two attached hydrogens (primary N) is 1. The number of aromatic amines is 1. The van der Waals surface area contributed by atoms with Crippen LogP contribution in [0.2, 0.25) is 0 Å². The van der Waals surface area contributed by atoms with E-state index in [0.717, 1.165) is 29.5 Å². The third-order valence-corrected chi connectivity index (χ3v) is 6.09. The first kappa shape index (κ1) is 22.5. The zero-order chi connectivity index (χ0) is 23.5. The van der Waals surface area contributed by atoms with Crippen LogP contribution in [-0.2, 0) is 17.9 Å². The van der Waals surface area contributed by atoms with E-state index in [1.54, 1.807) is 19.1 Å². The molecule has 1 fully saturated rings. The molecule has 172 valence electrons. The maximum absolute atomic E-state index is 12.7. The number of rotatable bonds is 6. The molecule has 1 unspecified atom stereocenters. The summed E-state index contributed by atoms with van der Waals surface area (Å²) in [6.45, 7) is 4.30. The number of nitrogens with zero attached hydrogens (tertiary/aromatic N) is 2. The van der Waals surface area contributed by atoms with Gasteiger partial charge in [-0.15, -0.1) is 0 Å². The molecular formula is C24H27N5O4. The number of hydrogen-bond acceptors (Lipinski definition) is 5. The number of hydrogen-bond donors (Lipinski definition) is 3. The number of anilines is 1. The highest BCUT2D eigenvalue weighted by molar-refractivity contribution is 6.06. The van der Waals surface area contributed by atoms with Crippen LogP contribution < -0.4 is 22.3 Å². The van der Waals surface area contributed by atoms with Gasteiger partial charge >= 0.3 is 5.69 Å². The van der Waals surface area contributed by atoms with E-state index in [9.17, 15) is 19.2 Å². The minimum Gasteiger partial charge on any atom is -0.369 e. The van der Waals surface area contributed by atoms with E-state index in [0.29, 0.717) is 35.2 Å². The molecule has 2 aromatic carbocycles. The quantitative estimate of drug-likeness (QED) is 0.527. The van der Waals surface area contributed by atoms with Gasteiger partial charge in [-0.05, 0) is 62.2 Å². The van der Waals surface area contributed by atoms with E-state index >= 15 is 0 Å². The van der Waals surface area contributed by atoms with E-state index in [-0.39, 0.29) is 29.8 Å². The molecule has 4 rings (SSSR count). The fourth-order valence-electron chi connectivity index (χ4n) is 4.27. The molecule has 3 aromatic rings. The Labute approximate surface area is 190 Å². The van der Waals surface area contributed by atoms with Gasteiger partial charge in [-0.1, -0.05) is 12.1 Å². The van der Waals surface area contributed by atoms with Crippen molar-refractivity contribution >= 4 is 28.4 Å². The predicted octanol–water partition coefficient (Wildman–Crippen LogP) is 1.66. The summed E-state index contributed by atoms with van der Waals surface area (Å²) in [5, 5.41) is 3.19. The van der Waals surface area contributed by atoms with Crippen LogP contribution in [0.25, 0.3) is 10.9 Å². The number of nitrogens with one attached hydrogen (secondary N) is 2. The Morgan fingerprint density at radius 2 is 1.91 bits per heavy atom. The van der Waals surface area contributed by atoms with E-state index in [4.69, 9.17) is 5.73 Å². The van der Waals surface area contributed by atoms with Crippen molar-refractivity contribution in [2.24, 2.45) is 11.7 Å². The minimum atomic E-state index is -0.501. The zero-order valence-corrected chi connectivity index (χ0v) is 18.5. The molecule has 2 amide bonds. The van der Waals surface area contributed by atoms with Gasteiger partial charge < -0.3 is 16.0 Å². The normalized spacial score (nSPS) is 16.6. The van der Waals surface area contributed by atoms with Crippen molar-refractivity contribution in [2.45, 2.75) is 32.9 Å². The molecule has 0 radical (unpaired) electrons. The van der Waals surface area contributed by atoms with Crippen LogP contribution in [-0.4, -0.2) is 39.4 Å². The fourth-order valence-corrected chi connectivity index (χ4v) is 4.27. The number of H-pyrrole nitrogens is 1. The highest BCUT2D eigenvalue weighted by Gasteiger charge is 2.23. The average Bonchev–Trinajstić information content (AvgIpc) is 2.80. The van der Waals surface area contributed by atoms with Gasteiger partial charge in [0.05, 0.1) is 16.8 Å². The lowest BCUT2D eigenvalue weighted by Crippen LogP contribution is -2.40. The number of benzene rings is 2. The summed E-state index contributed by atoms with van der Waals surface area (Å²) in [4.78, 5) is 53.5. The summed E-state index contributed by atoms with van der Waals surface area (Å²) < 4.78 is 1.11. The molecule has 0 aliphatic carbocycles. The molecule has 1 aliphatic rings. The first-order chi connectivity index (χ1) is 15.9. The summed E-state index contributed by atoms with van der Waals surface area (Å²) >= 11 is 0. The summed E-state index contributed by atoms with van der Waals surface area (Å²) in [6, 6.07) is 12.2. The molecule has 33 heavy (non-hydrogen) atoms. The second-order valence-corrected chi connectivity index (χ2v) is 8.37. The topological polar surface area (TPSA) is 130 Å². The molecule has 1 atom stereocenters. The number of piperidine rings is 1. The molecule has 0 saturated carbocycles. The molecule has 4 N–H and O–H groups in total. The monoisotopic (exact) mass is 449 g/mol. The third-order valence-electron chi connectivity index (χ3n) is 6.09. The van der Waals surface area contributed by atoms with Crippen LogP contribution in [0.4, 0.5) is 5.69 Å². The van der Waals surface area contributed by atoms with Crippen LogP contribution in [0.3, 0.4) is 0 Å². The van der Waals surface area contributed by atoms with Crippen molar-refractivity contribution in [1.29, 1.82) is 0 Å². The first-order valence-corrected chi connectivity index (χ1v) is 11.0. The highest BCUT2D eigenvalue weighted by Crippen LogP contribution is 2.20.